The summed E-state index contributed by atoms with van der Waals surface area (Å²) >= 11 is 0. The number of carbonyl (C=O) groups is 2. The summed E-state index contributed by atoms with van der Waals surface area (Å²) in [6, 6.07) is -0.0448. The molecule has 0 radical (unpaired) electrons. The third-order valence-electron chi connectivity index (χ3n) is 4.85. The van der Waals surface area contributed by atoms with E-state index in [-0.39, 0.29) is 23.9 Å². The van der Waals surface area contributed by atoms with Crippen LogP contribution < -0.4 is 5.32 Å². The Bertz CT molecular complexity index is 392. The molecule has 0 aromatic rings. The molecule has 4 heteroatoms. The fraction of sp³-hybridized carbons (Fsp3) is 0.875. The lowest BCUT2D eigenvalue weighted by molar-refractivity contribution is -0.157. The van der Waals surface area contributed by atoms with Gasteiger partial charge in [-0.25, -0.2) is 0 Å². The van der Waals surface area contributed by atoms with Gasteiger partial charge in [0.1, 0.15) is 11.6 Å². The maximum Gasteiger partial charge on any atom is 0.248 e. The van der Waals surface area contributed by atoms with Crippen molar-refractivity contribution in [3.63, 3.8) is 0 Å². The van der Waals surface area contributed by atoms with Crippen molar-refractivity contribution in [2.24, 2.45) is 5.92 Å². The molecule has 20 heavy (non-hydrogen) atoms. The highest BCUT2D eigenvalue weighted by molar-refractivity contribution is 5.99. The zero-order chi connectivity index (χ0) is 14.9. The number of hydrogen-bond acceptors (Lipinski definition) is 2. The van der Waals surface area contributed by atoms with Crippen molar-refractivity contribution in [1.29, 1.82) is 0 Å². The maximum atomic E-state index is 12.8. The molecule has 0 spiro atoms. The molecule has 1 heterocycles. The molecule has 3 atom stereocenters. The fourth-order valence-corrected chi connectivity index (χ4v) is 3.58. The van der Waals surface area contributed by atoms with Crippen molar-refractivity contribution in [1.82, 2.24) is 10.2 Å². The summed E-state index contributed by atoms with van der Waals surface area (Å²) in [5.41, 5.74) is -0.763. The van der Waals surface area contributed by atoms with Crippen LogP contribution in [0.2, 0.25) is 0 Å². The first-order chi connectivity index (χ1) is 9.36. The fourth-order valence-electron chi connectivity index (χ4n) is 3.58. The molecule has 3 unspecified atom stereocenters. The second kappa shape index (κ2) is 5.74. The van der Waals surface area contributed by atoms with Gasteiger partial charge in [0.05, 0.1) is 0 Å². The summed E-state index contributed by atoms with van der Waals surface area (Å²) < 4.78 is 0. The second-order valence-corrected chi connectivity index (χ2v) is 7.02. The highest BCUT2D eigenvalue weighted by Gasteiger charge is 2.47. The van der Waals surface area contributed by atoms with Gasteiger partial charge in [0.15, 0.2) is 0 Å². The van der Waals surface area contributed by atoms with Crippen molar-refractivity contribution < 1.29 is 9.59 Å². The van der Waals surface area contributed by atoms with Crippen molar-refractivity contribution in [2.45, 2.75) is 83.8 Å². The van der Waals surface area contributed by atoms with Gasteiger partial charge in [0.2, 0.25) is 11.8 Å². The molecule has 1 N–H and O–H groups in total. The van der Waals surface area contributed by atoms with E-state index in [1.54, 1.807) is 0 Å². The van der Waals surface area contributed by atoms with Gasteiger partial charge in [-0.15, -0.1) is 0 Å². The summed E-state index contributed by atoms with van der Waals surface area (Å²) in [6.07, 6.45) is 6.33. The Morgan fingerprint density at radius 3 is 2.55 bits per heavy atom. The number of amides is 2. The minimum atomic E-state index is -0.763. The summed E-state index contributed by atoms with van der Waals surface area (Å²) in [7, 11) is 0. The standard InChI is InChI=1S/C16H28N2O2/c1-5-13-14(19)17-16(3,4)15(20)18(13)12-8-6-7-11(2)9-10-12/h11-13H,5-10H2,1-4H3,(H,17,19). The van der Waals surface area contributed by atoms with Gasteiger partial charge in [0, 0.05) is 6.04 Å². The van der Waals surface area contributed by atoms with E-state index in [2.05, 4.69) is 12.2 Å². The number of carbonyl (C=O) groups excluding carboxylic acids is 2. The molecule has 0 bridgehead atoms. The van der Waals surface area contributed by atoms with E-state index in [1.807, 2.05) is 25.7 Å². The average molecular weight is 280 g/mol. The lowest BCUT2D eigenvalue weighted by Gasteiger charge is -2.46. The van der Waals surface area contributed by atoms with Gasteiger partial charge >= 0.3 is 0 Å². The molecule has 0 aromatic carbocycles. The van der Waals surface area contributed by atoms with Crippen molar-refractivity contribution in [2.75, 3.05) is 0 Å². The Kier molecular flexibility index (Phi) is 4.40. The molecular weight excluding hydrogens is 252 g/mol. The van der Waals surface area contributed by atoms with E-state index in [4.69, 9.17) is 0 Å². The van der Waals surface area contributed by atoms with Crippen LogP contribution >= 0.6 is 0 Å². The quantitative estimate of drug-likeness (QED) is 0.790. The van der Waals surface area contributed by atoms with E-state index in [1.165, 1.54) is 6.42 Å². The van der Waals surface area contributed by atoms with E-state index >= 15 is 0 Å². The number of piperazine rings is 1. The van der Waals surface area contributed by atoms with Crippen LogP contribution in [-0.2, 0) is 9.59 Å². The third-order valence-corrected chi connectivity index (χ3v) is 4.85. The molecule has 0 aromatic heterocycles. The first kappa shape index (κ1) is 15.3. The van der Waals surface area contributed by atoms with Crippen molar-refractivity contribution in [3.8, 4) is 0 Å². The number of hydrogen-bond donors (Lipinski definition) is 1. The average Bonchev–Trinajstić information content (AvgIpc) is 2.58. The second-order valence-electron chi connectivity index (χ2n) is 7.02. The Morgan fingerprint density at radius 1 is 1.20 bits per heavy atom. The van der Waals surface area contributed by atoms with Gasteiger partial charge in [-0.2, -0.15) is 0 Å². The van der Waals surface area contributed by atoms with Gasteiger partial charge in [-0.1, -0.05) is 26.7 Å². The number of nitrogens with zero attached hydrogens (tertiary/aromatic N) is 1. The first-order valence-electron chi connectivity index (χ1n) is 8.01. The molecule has 114 valence electrons. The van der Waals surface area contributed by atoms with E-state index in [0.29, 0.717) is 6.42 Å². The van der Waals surface area contributed by atoms with Gasteiger partial charge in [-0.3, -0.25) is 9.59 Å². The third kappa shape index (κ3) is 2.84. The highest BCUT2D eigenvalue weighted by Crippen LogP contribution is 2.31. The van der Waals surface area contributed by atoms with Gasteiger partial charge in [-0.05, 0) is 45.4 Å². The lowest BCUT2D eigenvalue weighted by atomic mass is 9.92. The molecule has 1 saturated heterocycles. The van der Waals surface area contributed by atoms with E-state index in [0.717, 1.165) is 31.6 Å². The number of rotatable bonds is 2. The highest BCUT2D eigenvalue weighted by atomic mass is 16.2. The zero-order valence-corrected chi connectivity index (χ0v) is 13.2. The smallest absolute Gasteiger partial charge is 0.248 e. The van der Waals surface area contributed by atoms with Gasteiger partial charge in [0.25, 0.3) is 0 Å². The Labute approximate surface area is 122 Å². The molecule has 2 aliphatic rings. The summed E-state index contributed by atoms with van der Waals surface area (Å²) in [5.74, 6) is 0.833. The van der Waals surface area contributed by atoms with Crippen LogP contribution in [0.5, 0.6) is 0 Å². The lowest BCUT2D eigenvalue weighted by Crippen LogP contribution is -2.69. The van der Waals surface area contributed by atoms with Crippen LogP contribution in [0.4, 0.5) is 0 Å². The monoisotopic (exact) mass is 280 g/mol. The van der Waals surface area contributed by atoms with Crippen LogP contribution in [0, 0.1) is 5.92 Å². The minimum Gasteiger partial charge on any atom is -0.340 e. The van der Waals surface area contributed by atoms with Gasteiger partial charge < -0.3 is 10.2 Å². The Balaban J connectivity index is 2.24. The topological polar surface area (TPSA) is 49.4 Å². The Morgan fingerprint density at radius 2 is 1.90 bits per heavy atom. The SMILES string of the molecule is CCC1C(=O)NC(C)(C)C(=O)N1C1CCCC(C)CC1. The summed E-state index contributed by atoms with van der Waals surface area (Å²) in [5, 5.41) is 2.87. The summed E-state index contributed by atoms with van der Waals surface area (Å²) in [4.78, 5) is 27.0. The zero-order valence-electron chi connectivity index (χ0n) is 13.2. The summed E-state index contributed by atoms with van der Waals surface area (Å²) in [6.45, 7) is 7.90. The first-order valence-corrected chi connectivity index (χ1v) is 8.01. The van der Waals surface area contributed by atoms with Crippen LogP contribution in [0.1, 0.15) is 66.2 Å². The van der Waals surface area contributed by atoms with Crippen LogP contribution in [0.15, 0.2) is 0 Å². The van der Waals surface area contributed by atoms with Crippen molar-refractivity contribution in [3.05, 3.63) is 0 Å². The van der Waals surface area contributed by atoms with Crippen LogP contribution in [0.3, 0.4) is 0 Å². The maximum absolute atomic E-state index is 12.8. The molecule has 2 fully saturated rings. The van der Waals surface area contributed by atoms with Crippen molar-refractivity contribution >= 4 is 11.8 Å². The normalized spacial score (nSPS) is 34.6. The molecule has 2 rings (SSSR count). The molecule has 1 saturated carbocycles. The predicted molar refractivity (Wildman–Crippen MR) is 79.2 cm³/mol. The molecular formula is C16H28N2O2. The van der Waals surface area contributed by atoms with E-state index in [9.17, 15) is 9.59 Å². The minimum absolute atomic E-state index is 0.00870. The van der Waals surface area contributed by atoms with Crippen LogP contribution in [0.25, 0.3) is 0 Å². The largest absolute Gasteiger partial charge is 0.340 e. The molecule has 2 amide bonds. The van der Waals surface area contributed by atoms with E-state index < -0.39 is 5.54 Å². The Hall–Kier alpha value is -1.06. The molecule has 4 nitrogen and oxygen atoms in total. The molecule has 1 aliphatic heterocycles. The van der Waals surface area contributed by atoms with Crippen LogP contribution in [-0.4, -0.2) is 34.3 Å². The predicted octanol–water partition coefficient (Wildman–Crippen LogP) is 2.47. The number of nitrogens with one attached hydrogen (secondary N) is 1. The molecule has 1 aliphatic carbocycles.